The molecule has 0 spiro atoms. The number of nitrogens with one attached hydrogen (secondary N) is 1. The van der Waals surface area contributed by atoms with Gasteiger partial charge in [-0.3, -0.25) is 4.90 Å². The lowest BCUT2D eigenvalue weighted by atomic mass is 9.97. The quantitative estimate of drug-likeness (QED) is 0.839. The molecule has 0 atom stereocenters. The summed E-state index contributed by atoms with van der Waals surface area (Å²) < 4.78 is 26.0. The van der Waals surface area contributed by atoms with E-state index in [1.165, 1.54) is 5.56 Å². The van der Waals surface area contributed by atoms with Crippen LogP contribution in [-0.4, -0.2) is 38.7 Å². The van der Waals surface area contributed by atoms with E-state index in [1.54, 1.807) is 11.3 Å². The Balaban J connectivity index is 1.69. The van der Waals surface area contributed by atoms with E-state index in [2.05, 4.69) is 26.4 Å². The highest BCUT2D eigenvalue weighted by Crippen LogP contribution is 2.19. The Kier molecular flexibility index (Phi) is 6.01. The van der Waals surface area contributed by atoms with Gasteiger partial charge in [0.15, 0.2) is 0 Å². The number of nitrogens with zero attached hydrogens (tertiary/aromatic N) is 1. The molecule has 0 aliphatic carbocycles. The topological polar surface area (TPSA) is 49.4 Å². The molecule has 0 bridgehead atoms. The predicted octanol–water partition coefficient (Wildman–Crippen LogP) is 2.29. The third-order valence-corrected chi connectivity index (χ3v) is 6.04. The smallest absolute Gasteiger partial charge is 0.211 e. The average Bonchev–Trinajstić information content (AvgIpc) is 2.91. The molecule has 114 valence electrons. The third kappa shape index (κ3) is 5.16. The fourth-order valence-corrected chi connectivity index (χ4v) is 4.41. The van der Waals surface area contributed by atoms with Gasteiger partial charge < -0.3 is 0 Å². The summed E-state index contributed by atoms with van der Waals surface area (Å²) in [7, 11) is -3.05. The van der Waals surface area contributed by atoms with Gasteiger partial charge in [-0.15, -0.1) is 0 Å². The molecule has 4 nitrogen and oxygen atoms in total. The van der Waals surface area contributed by atoms with Gasteiger partial charge in [0.2, 0.25) is 10.0 Å². The van der Waals surface area contributed by atoms with E-state index in [4.69, 9.17) is 0 Å². The highest BCUT2D eigenvalue weighted by atomic mass is 32.2. The molecule has 0 radical (unpaired) electrons. The van der Waals surface area contributed by atoms with Gasteiger partial charge in [-0.05, 0) is 60.7 Å². The zero-order valence-electron chi connectivity index (χ0n) is 12.0. The lowest BCUT2D eigenvalue weighted by Crippen LogP contribution is -2.38. The number of likely N-dealkylation sites (tertiary alicyclic amines) is 1. The van der Waals surface area contributed by atoms with Crippen molar-refractivity contribution in [3.05, 3.63) is 22.4 Å². The van der Waals surface area contributed by atoms with E-state index in [0.29, 0.717) is 18.9 Å². The van der Waals surface area contributed by atoms with Crippen LogP contribution in [0.2, 0.25) is 0 Å². The van der Waals surface area contributed by atoms with Gasteiger partial charge in [-0.1, -0.05) is 6.92 Å². The number of sulfonamides is 1. The Bertz CT molecular complexity index is 477. The minimum absolute atomic E-state index is 0.240. The van der Waals surface area contributed by atoms with Crippen LogP contribution in [0.25, 0.3) is 0 Å². The summed E-state index contributed by atoms with van der Waals surface area (Å²) in [6.45, 7) is 5.65. The number of piperidine rings is 1. The number of thiophene rings is 1. The molecule has 1 aromatic rings. The van der Waals surface area contributed by atoms with Crippen LogP contribution in [-0.2, 0) is 16.6 Å². The fourth-order valence-electron chi connectivity index (χ4n) is 2.58. The van der Waals surface area contributed by atoms with Crippen LogP contribution in [0.15, 0.2) is 16.8 Å². The zero-order chi connectivity index (χ0) is 14.4. The van der Waals surface area contributed by atoms with Crippen LogP contribution in [0.1, 0.15) is 31.7 Å². The molecule has 0 saturated carbocycles. The van der Waals surface area contributed by atoms with Gasteiger partial charge in [-0.2, -0.15) is 11.3 Å². The third-order valence-electron chi connectivity index (χ3n) is 3.76. The van der Waals surface area contributed by atoms with Crippen LogP contribution in [0.5, 0.6) is 0 Å². The van der Waals surface area contributed by atoms with E-state index in [9.17, 15) is 8.42 Å². The highest BCUT2D eigenvalue weighted by molar-refractivity contribution is 7.89. The number of hydrogen-bond acceptors (Lipinski definition) is 4. The molecule has 1 aliphatic heterocycles. The molecule has 6 heteroatoms. The monoisotopic (exact) mass is 316 g/mol. The minimum Gasteiger partial charge on any atom is -0.299 e. The molecule has 1 aliphatic rings. The largest absolute Gasteiger partial charge is 0.299 e. The zero-order valence-corrected chi connectivity index (χ0v) is 13.7. The Morgan fingerprint density at radius 3 is 2.75 bits per heavy atom. The van der Waals surface area contributed by atoms with E-state index < -0.39 is 10.0 Å². The minimum atomic E-state index is -3.05. The molecule has 1 fully saturated rings. The van der Waals surface area contributed by atoms with Crippen molar-refractivity contribution in [3.8, 4) is 0 Å². The summed E-state index contributed by atoms with van der Waals surface area (Å²) in [4.78, 5) is 2.46. The van der Waals surface area contributed by atoms with Crippen LogP contribution in [0.3, 0.4) is 0 Å². The van der Waals surface area contributed by atoms with Gasteiger partial charge in [0.1, 0.15) is 0 Å². The normalized spacial score (nSPS) is 18.4. The number of rotatable bonds is 7. The van der Waals surface area contributed by atoms with Gasteiger partial charge in [0, 0.05) is 13.1 Å². The van der Waals surface area contributed by atoms with Crippen molar-refractivity contribution in [2.24, 2.45) is 5.92 Å². The molecular weight excluding hydrogens is 292 g/mol. The first kappa shape index (κ1) is 15.9. The summed E-state index contributed by atoms with van der Waals surface area (Å²) in [5.41, 5.74) is 1.39. The van der Waals surface area contributed by atoms with Crippen LogP contribution < -0.4 is 4.72 Å². The van der Waals surface area contributed by atoms with E-state index >= 15 is 0 Å². The fraction of sp³-hybridized carbons (Fsp3) is 0.714. The van der Waals surface area contributed by atoms with E-state index in [1.807, 2.05) is 6.92 Å². The van der Waals surface area contributed by atoms with Crippen molar-refractivity contribution in [1.29, 1.82) is 0 Å². The molecule has 1 saturated heterocycles. The predicted molar refractivity (Wildman–Crippen MR) is 84.4 cm³/mol. The Morgan fingerprint density at radius 2 is 2.15 bits per heavy atom. The molecule has 0 aromatic carbocycles. The summed E-state index contributed by atoms with van der Waals surface area (Å²) in [5, 5.41) is 4.32. The van der Waals surface area contributed by atoms with Gasteiger partial charge >= 0.3 is 0 Å². The molecule has 1 N–H and O–H groups in total. The molecule has 0 unspecified atom stereocenters. The van der Waals surface area contributed by atoms with Crippen molar-refractivity contribution in [2.45, 2.75) is 32.7 Å². The lowest BCUT2D eigenvalue weighted by molar-refractivity contribution is 0.179. The second kappa shape index (κ2) is 7.54. The maximum absolute atomic E-state index is 11.6. The molecular formula is C14H24N2O2S2. The van der Waals surface area contributed by atoms with E-state index in [0.717, 1.165) is 32.5 Å². The molecule has 20 heavy (non-hydrogen) atoms. The van der Waals surface area contributed by atoms with Crippen molar-refractivity contribution in [3.63, 3.8) is 0 Å². The van der Waals surface area contributed by atoms with Crippen molar-refractivity contribution in [1.82, 2.24) is 9.62 Å². The first-order valence-corrected chi connectivity index (χ1v) is 9.89. The summed E-state index contributed by atoms with van der Waals surface area (Å²) in [6, 6.07) is 2.18. The first-order chi connectivity index (χ1) is 9.59. The Morgan fingerprint density at radius 1 is 1.40 bits per heavy atom. The Hall–Kier alpha value is -0.430. The summed E-state index contributed by atoms with van der Waals surface area (Å²) >= 11 is 1.74. The van der Waals surface area contributed by atoms with Crippen molar-refractivity contribution < 1.29 is 8.42 Å². The summed E-state index contributed by atoms with van der Waals surface area (Å²) in [6.07, 6.45) is 2.84. The number of hydrogen-bond donors (Lipinski definition) is 1. The Labute approximate surface area is 126 Å². The van der Waals surface area contributed by atoms with Gasteiger partial charge in [0.25, 0.3) is 0 Å². The van der Waals surface area contributed by atoms with Gasteiger partial charge in [0.05, 0.1) is 5.75 Å². The standard InChI is InChI=1S/C14H24N2O2S2/c1-2-9-20(17,18)15-10-13-3-6-16(7-4-13)11-14-5-8-19-12-14/h5,8,12-13,15H,2-4,6-7,9-11H2,1H3. The molecule has 2 rings (SSSR count). The second-order valence-corrected chi connectivity index (χ2v) is 8.22. The average molecular weight is 316 g/mol. The van der Waals surface area contributed by atoms with Gasteiger partial charge in [-0.25, -0.2) is 13.1 Å². The van der Waals surface area contributed by atoms with E-state index in [-0.39, 0.29) is 5.75 Å². The molecule has 1 aromatic heterocycles. The van der Waals surface area contributed by atoms with Crippen LogP contribution in [0, 0.1) is 5.92 Å². The SMILES string of the molecule is CCCS(=O)(=O)NCC1CCN(Cc2ccsc2)CC1. The second-order valence-electron chi connectivity index (χ2n) is 5.52. The maximum Gasteiger partial charge on any atom is 0.211 e. The highest BCUT2D eigenvalue weighted by Gasteiger charge is 2.20. The molecule has 0 amide bonds. The van der Waals surface area contributed by atoms with Crippen LogP contribution >= 0.6 is 11.3 Å². The maximum atomic E-state index is 11.6. The molecule has 2 heterocycles. The van der Waals surface area contributed by atoms with Crippen molar-refractivity contribution >= 4 is 21.4 Å². The van der Waals surface area contributed by atoms with Crippen molar-refractivity contribution in [2.75, 3.05) is 25.4 Å². The first-order valence-electron chi connectivity index (χ1n) is 7.30. The summed E-state index contributed by atoms with van der Waals surface area (Å²) in [5.74, 6) is 0.727. The van der Waals surface area contributed by atoms with Crippen LogP contribution in [0.4, 0.5) is 0 Å². The lowest BCUT2D eigenvalue weighted by Gasteiger charge is -2.31.